The summed E-state index contributed by atoms with van der Waals surface area (Å²) < 4.78 is 10.9. The molecule has 0 spiro atoms. The lowest BCUT2D eigenvalue weighted by atomic mass is 10.3. The average Bonchev–Trinajstić information content (AvgIpc) is 2.33. The van der Waals surface area contributed by atoms with E-state index in [2.05, 4.69) is 15.9 Å². The van der Waals surface area contributed by atoms with Gasteiger partial charge in [0, 0.05) is 0 Å². The van der Waals surface area contributed by atoms with Gasteiger partial charge in [0.1, 0.15) is 22.8 Å². The fraction of sp³-hybridized carbons (Fsp3) is 0.0769. The summed E-state index contributed by atoms with van der Waals surface area (Å²) in [6, 6.07) is 17.2. The smallest absolute Gasteiger partial charge is 0.143 e. The molecule has 0 saturated heterocycles. The Bertz CT molecular complexity index is 425. The lowest BCUT2D eigenvalue weighted by molar-refractivity contribution is 0.396. The molecule has 0 saturated carbocycles. The molecule has 16 heavy (non-hydrogen) atoms. The molecule has 2 rings (SSSR count). The molecule has 0 fully saturated rings. The molecule has 0 unspecified atom stereocenters. The highest BCUT2D eigenvalue weighted by Crippen LogP contribution is 2.23. The Morgan fingerprint density at radius 2 is 1.31 bits per heavy atom. The van der Waals surface area contributed by atoms with Crippen LogP contribution in [-0.4, -0.2) is 5.52 Å². The third-order valence-electron chi connectivity index (χ3n) is 2.02. The fourth-order valence-corrected chi connectivity index (χ4v) is 1.56. The van der Waals surface area contributed by atoms with Crippen molar-refractivity contribution in [3.8, 4) is 17.2 Å². The van der Waals surface area contributed by atoms with Gasteiger partial charge in [0.2, 0.25) is 0 Å². The highest BCUT2D eigenvalue weighted by molar-refractivity contribution is 9.09. The van der Waals surface area contributed by atoms with Gasteiger partial charge in [0.15, 0.2) is 0 Å². The van der Waals surface area contributed by atoms with Crippen LogP contribution in [0.5, 0.6) is 17.2 Å². The number of rotatable bonds is 4. The zero-order valence-electron chi connectivity index (χ0n) is 8.60. The summed E-state index contributed by atoms with van der Waals surface area (Å²) in [5, 5.41) is 0. The zero-order chi connectivity index (χ0) is 11.2. The van der Waals surface area contributed by atoms with E-state index in [0.717, 1.165) is 17.2 Å². The second-order valence-corrected chi connectivity index (χ2v) is 3.60. The molecule has 0 bridgehead atoms. The molecule has 2 nitrogen and oxygen atoms in total. The first-order chi connectivity index (χ1) is 7.88. The predicted octanol–water partition coefficient (Wildman–Crippen LogP) is 4.21. The van der Waals surface area contributed by atoms with Gasteiger partial charge in [-0.2, -0.15) is 0 Å². The van der Waals surface area contributed by atoms with E-state index in [1.54, 1.807) is 0 Å². The fourth-order valence-electron chi connectivity index (χ4n) is 1.29. The maximum absolute atomic E-state index is 5.64. The van der Waals surface area contributed by atoms with Crippen molar-refractivity contribution in [2.75, 3.05) is 5.52 Å². The van der Waals surface area contributed by atoms with Crippen molar-refractivity contribution in [1.82, 2.24) is 0 Å². The quantitative estimate of drug-likeness (QED) is 0.780. The molecule has 0 atom stereocenters. The molecule has 0 radical (unpaired) electrons. The van der Waals surface area contributed by atoms with Crippen LogP contribution in [0, 0.1) is 0 Å². The van der Waals surface area contributed by atoms with Crippen LogP contribution in [0.25, 0.3) is 0 Å². The van der Waals surface area contributed by atoms with Crippen molar-refractivity contribution < 1.29 is 9.47 Å². The first-order valence-corrected chi connectivity index (χ1v) is 6.02. The molecule has 0 N–H and O–H groups in total. The van der Waals surface area contributed by atoms with Gasteiger partial charge in [-0.25, -0.2) is 0 Å². The Balaban J connectivity index is 2.05. The Morgan fingerprint density at radius 1 is 0.750 bits per heavy atom. The lowest BCUT2D eigenvalue weighted by Gasteiger charge is -2.06. The molecule has 2 aromatic carbocycles. The lowest BCUT2D eigenvalue weighted by Crippen LogP contribution is -1.88. The highest BCUT2D eigenvalue weighted by atomic mass is 79.9. The van der Waals surface area contributed by atoms with Gasteiger partial charge in [-0.05, 0) is 52.3 Å². The van der Waals surface area contributed by atoms with Crippen LogP contribution in [0.1, 0.15) is 0 Å². The number of benzene rings is 2. The Labute approximate surface area is 103 Å². The standard InChI is InChI=1S/C13H11BrO2/c14-10-15-11-6-8-13(9-7-11)16-12-4-2-1-3-5-12/h1-9H,10H2. The highest BCUT2D eigenvalue weighted by Gasteiger charge is 1.97. The van der Waals surface area contributed by atoms with E-state index in [1.807, 2.05) is 54.6 Å². The zero-order valence-corrected chi connectivity index (χ0v) is 10.2. The van der Waals surface area contributed by atoms with E-state index in [4.69, 9.17) is 9.47 Å². The summed E-state index contributed by atoms with van der Waals surface area (Å²) >= 11 is 3.20. The van der Waals surface area contributed by atoms with Gasteiger partial charge < -0.3 is 9.47 Å². The maximum atomic E-state index is 5.64. The van der Waals surface area contributed by atoms with Gasteiger partial charge in [0.05, 0.1) is 0 Å². The normalized spacial score (nSPS) is 9.81. The van der Waals surface area contributed by atoms with E-state index < -0.39 is 0 Å². The molecule has 0 aromatic heterocycles. The van der Waals surface area contributed by atoms with Gasteiger partial charge in [-0.1, -0.05) is 18.2 Å². The van der Waals surface area contributed by atoms with E-state index in [9.17, 15) is 0 Å². The molecular formula is C13H11BrO2. The predicted molar refractivity (Wildman–Crippen MR) is 67.4 cm³/mol. The van der Waals surface area contributed by atoms with Crippen molar-refractivity contribution in [1.29, 1.82) is 0 Å². The van der Waals surface area contributed by atoms with Gasteiger partial charge >= 0.3 is 0 Å². The monoisotopic (exact) mass is 278 g/mol. The van der Waals surface area contributed by atoms with Gasteiger partial charge in [-0.3, -0.25) is 0 Å². The third kappa shape index (κ3) is 3.00. The average molecular weight is 279 g/mol. The molecule has 0 heterocycles. The van der Waals surface area contributed by atoms with Crippen molar-refractivity contribution in [3.63, 3.8) is 0 Å². The number of ether oxygens (including phenoxy) is 2. The SMILES string of the molecule is BrCOc1ccc(Oc2ccccc2)cc1. The number of alkyl halides is 1. The number of hydrogen-bond acceptors (Lipinski definition) is 2. The maximum Gasteiger partial charge on any atom is 0.143 e. The summed E-state index contributed by atoms with van der Waals surface area (Å²) in [4.78, 5) is 0. The van der Waals surface area contributed by atoms with Crippen LogP contribution in [0.15, 0.2) is 54.6 Å². The Kier molecular flexibility index (Phi) is 3.83. The number of para-hydroxylation sites is 1. The second-order valence-electron chi connectivity index (χ2n) is 3.14. The molecule has 0 aliphatic rings. The van der Waals surface area contributed by atoms with E-state index >= 15 is 0 Å². The molecular weight excluding hydrogens is 268 g/mol. The van der Waals surface area contributed by atoms with Crippen LogP contribution in [-0.2, 0) is 0 Å². The first-order valence-electron chi connectivity index (χ1n) is 4.90. The van der Waals surface area contributed by atoms with Crippen LogP contribution in [0.3, 0.4) is 0 Å². The summed E-state index contributed by atoms with van der Waals surface area (Å²) in [6.07, 6.45) is 0. The molecule has 0 amide bonds. The first kappa shape index (κ1) is 11.0. The van der Waals surface area contributed by atoms with Gasteiger partial charge in [-0.15, -0.1) is 0 Å². The molecule has 0 aliphatic heterocycles. The summed E-state index contributed by atoms with van der Waals surface area (Å²) in [7, 11) is 0. The van der Waals surface area contributed by atoms with E-state index in [0.29, 0.717) is 5.52 Å². The van der Waals surface area contributed by atoms with Crippen molar-refractivity contribution in [2.45, 2.75) is 0 Å². The largest absolute Gasteiger partial charge is 0.482 e. The minimum absolute atomic E-state index is 0.492. The minimum atomic E-state index is 0.492. The molecule has 0 aliphatic carbocycles. The minimum Gasteiger partial charge on any atom is -0.482 e. The van der Waals surface area contributed by atoms with Crippen LogP contribution in [0.4, 0.5) is 0 Å². The van der Waals surface area contributed by atoms with Crippen molar-refractivity contribution >= 4 is 15.9 Å². The van der Waals surface area contributed by atoms with Crippen LogP contribution in [0.2, 0.25) is 0 Å². The van der Waals surface area contributed by atoms with E-state index in [1.165, 1.54) is 0 Å². The van der Waals surface area contributed by atoms with Crippen LogP contribution < -0.4 is 9.47 Å². The summed E-state index contributed by atoms with van der Waals surface area (Å²) in [6.45, 7) is 0. The molecule has 2 aromatic rings. The molecule has 3 heteroatoms. The summed E-state index contributed by atoms with van der Waals surface area (Å²) in [5.74, 6) is 2.45. The van der Waals surface area contributed by atoms with Gasteiger partial charge in [0.25, 0.3) is 0 Å². The Hall–Kier alpha value is -1.48. The Morgan fingerprint density at radius 3 is 1.94 bits per heavy atom. The summed E-state index contributed by atoms with van der Waals surface area (Å²) in [5.41, 5.74) is 0.492. The number of halogens is 1. The van der Waals surface area contributed by atoms with Crippen molar-refractivity contribution in [3.05, 3.63) is 54.6 Å². The van der Waals surface area contributed by atoms with Crippen LogP contribution >= 0.6 is 15.9 Å². The third-order valence-corrected chi connectivity index (χ3v) is 2.25. The topological polar surface area (TPSA) is 18.5 Å². The second kappa shape index (κ2) is 5.56. The van der Waals surface area contributed by atoms with Crippen molar-refractivity contribution in [2.24, 2.45) is 0 Å². The number of hydrogen-bond donors (Lipinski definition) is 0. The van der Waals surface area contributed by atoms with E-state index in [-0.39, 0.29) is 0 Å². The molecule has 82 valence electrons.